The molecule has 1 fully saturated rings. The van der Waals surface area contributed by atoms with Gasteiger partial charge in [0.1, 0.15) is 0 Å². The molecule has 13 heavy (non-hydrogen) atoms. The normalized spacial score (nSPS) is 27.2. The van der Waals surface area contributed by atoms with Gasteiger partial charge in [-0.15, -0.1) is 0 Å². The molecule has 1 atom stereocenters. The number of aliphatic hydroxyl groups excluding tert-OH is 2. The van der Waals surface area contributed by atoms with Crippen LogP contribution in [-0.4, -0.2) is 25.2 Å². The van der Waals surface area contributed by atoms with Crippen molar-refractivity contribution in [3.63, 3.8) is 0 Å². The third-order valence-corrected chi connectivity index (χ3v) is 7.34. The van der Waals surface area contributed by atoms with Crippen LogP contribution in [0.5, 0.6) is 0 Å². The number of halogens is 1. The number of allylic oxidation sites excluding steroid dienone is 2. The first-order valence-electron chi connectivity index (χ1n) is 4.62. The molecule has 0 aromatic heterocycles. The molecule has 3 heteroatoms. The summed E-state index contributed by atoms with van der Waals surface area (Å²) >= 11 is -0.939. The van der Waals surface area contributed by atoms with E-state index in [2.05, 4.69) is 0 Å². The van der Waals surface area contributed by atoms with Crippen LogP contribution in [0.4, 0.5) is 0 Å². The van der Waals surface area contributed by atoms with Crippen LogP contribution >= 0.6 is 19.8 Å². The van der Waals surface area contributed by atoms with E-state index < -0.39 is 19.8 Å². The molecule has 2 aliphatic rings. The molecule has 0 spiro atoms. The van der Waals surface area contributed by atoms with Gasteiger partial charge in [0, 0.05) is 0 Å². The van der Waals surface area contributed by atoms with Gasteiger partial charge in [-0.2, -0.15) is 0 Å². The van der Waals surface area contributed by atoms with Crippen molar-refractivity contribution in [1.82, 2.24) is 0 Å². The number of aliphatic hydroxyl groups is 2. The fourth-order valence-corrected chi connectivity index (χ4v) is 7.01. The summed E-state index contributed by atoms with van der Waals surface area (Å²) in [4.78, 5) is 0. The van der Waals surface area contributed by atoms with E-state index in [-0.39, 0.29) is 6.10 Å². The Bertz CT molecular complexity index is 275. The molecule has 0 aromatic carbocycles. The standard InChI is InChI=1S/C10H15IO2/c1-7(12)8-3-2-4-9(13)10(8)11-5-6-11/h4,7,12-13H,2-3,5-6H2,1H3. The zero-order valence-electron chi connectivity index (χ0n) is 7.76. The molecule has 1 aliphatic heterocycles. The van der Waals surface area contributed by atoms with Gasteiger partial charge in [0.2, 0.25) is 0 Å². The number of hydrogen-bond donors (Lipinski definition) is 2. The molecule has 2 nitrogen and oxygen atoms in total. The Balaban J connectivity index is 2.33. The van der Waals surface area contributed by atoms with Crippen molar-refractivity contribution in [2.45, 2.75) is 25.9 Å². The van der Waals surface area contributed by atoms with Gasteiger partial charge in [0.05, 0.1) is 0 Å². The second kappa shape index (κ2) is 3.61. The average Bonchev–Trinajstić information content (AvgIpc) is 2.86. The first kappa shape index (κ1) is 9.52. The molecule has 0 amide bonds. The molecular formula is C10H15IO2. The van der Waals surface area contributed by atoms with Gasteiger partial charge >= 0.3 is 85.7 Å². The summed E-state index contributed by atoms with van der Waals surface area (Å²) in [6.45, 7) is 1.81. The zero-order valence-corrected chi connectivity index (χ0v) is 9.91. The number of hydrogen-bond acceptors (Lipinski definition) is 2. The summed E-state index contributed by atoms with van der Waals surface area (Å²) in [6.07, 6.45) is 3.39. The van der Waals surface area contributed by atoms with E-state index in [0.29, 0.717) is 5.76 Å². The van der Waals surface area contributed by atoms with Crippen LogP contribution in [0.15, 0.2) is 21.0 Å². The molecule has 1 heterocycles. The Morgan fingerprint density at radius 3 is 2.69 bits per heavy atom. The second-order valence-electron chi connectivity index (χ2n) is 3.48. The first-order chi connectivity index (χ1) is 6.20. The van der Waals surface area contributed by atoms with Crippen LogP contribution in [0.25, 0.3) is 0 Å². The predicted molar refractivity (Wildman–Crippen MR) is 62.4 cm³/mol. The quantitative estimate of drug-likeness (QED) is 0.606. The van der Waals surface area contributed by atoms with Crippen molar-refractivity contribution >= 4 is 19.8 Å². The Labute approximate surface area is 85.7 Å². The van der Waals surface area contributed by atoms with Crippen LogP contribution in [-0.2, 0) is 0 Å². The minimum absolute atomic E-state index is 0.358. The molecule has 0 radical (unpaired) electrons. The molecule has 2 N–H and O–H groups in total. The predicted octanol–water partition coefficient (Wildman–Crippen LogP) is 2.38. The van der Waals surface area contributed by atoms with E-state index in [0.717, 1.165) is 18.4 Å². The van der Waals surface area contributed by atoms with Gasteiger partial charge in [-0.3, -0.25) is 0 Å². The molecule has 1 saturated heterocycles. The van der Waals surface area contributed by atoms with Crippen LogP contribution < -0.4 is 0 Å². The first-order valence-corrected chi connectivity index (χ1v) is 8.75. The topological polar surface area (TPSA) is 40.5 Å². The van der Waals surface area contributed by atoms with E-state index in [4.69, 9.17) is 0 Å². The maximum absolute atomic E-state index is 9.73. The van der Waals surface area contributed by atoms with E-state index in [1.807, 2.05) is 13.0 Å². The van der Waals surface area contributed by atoms with Crippen molar-refractivity contribution in [2.75, 3.05) is 8.86 Å². The number of rotatable bonds is 2. The van der Waals surface area contributed by atoms with E-state index >= 15 is 0 Å². The third kappa shape index (κ3) is 1.91. The number of alkyl halides is 2. The molecule has 0 bridgehead atoms. The van der Waals surface area contributed by atoms with Gasteiger partial charge in [0.25, 0.3) is 0 Å². The summed E-state index contributed by atoms with van der Waals surface area (Å²) in [5.74, 6) is 0.491. The van der Waals surface area contributed by atoms with Crippen molar-refractivity contribution < 1.29 is 10.2 Å². The van der Waals surface area contributed by atoms with E-state index in [9.17, 15) is 10.2 Å². The van der Waals surface area contributed by atoms with Gasteiger partial charge in [-0.1, -0.05) is 0 Å². The van der Waals surface area contributed by atoms with Crippen LogP contribution in [0.3, 0.4) is 0 Å². The molecule has 0 aromatic rings. The molecule has 2 rings (SSSR count). The van der Waals surface area contributed by atoms with Crippen molar-refractivity contribution in [1.29, 1.82) is 0 Å². The van der Waals surface area contributed by atoms with Crippen molar-refractivity contribution in [3.05, 3.63) is 21.0 Å². The van der Waals surface area contributed by atoms with Crippen LogP contribution in [0.2, 0.25) is 0 Å². The van der Waals surface area contributed by atoms with Crippen LogP contribution in [0, 0.1) is 0 Å². The van der Waals surface area contributed by atoms with Gasteiger partial charge in [-0.25, -0.2) is 0 Å². The molecule has 1 unspecified atom stereocenters. The second-order valence-corrected chi connectivity index (χ2v) is 9.32. The van der Waals surface area contributed by atoms with Crippen LogP contribution in [0.1, 0.15) is 19.8 Å². The molecular weight excluding hydrogens is 279 g/mol. The Morgan fingerprint density at radius 1 is 1.46 bits per heavy atom. The van der Waals surface area contributed by atoms with Gasteiger partial charge in [-0.05, 0) is 0 Å². The summed E-state index contributed by atoms with van der Waals surface area (Å²) in [5, 5.41) is 19.3. The Hall–Kier alpha value is -0.0300. The van der Waals surface area contributed by atoms with Gasteiger partial charge in [0.15, 0.2) is 0 Å². The Morgan fingerprint density at radius 2 is 2.15 bits per heavy atom. The maximum atomic E-state index is 9.73. The zero-order chi connectivity index (χ0) is 9.42. The summed E-state index contributed by atoms with van der Waals surface area (Å²) < 4.78 is 3.85. The SMILES string of the molecule is CC(O)C1=C(I2CC2)C(O)=CCC1. The van der Waals surface area contributed by atoms with E-state index in [1.54, 1.807) is 0 Å². The molecule has 1 aliphatic carbocycles. The van der Waals surface area contributed by atoms with Gasteiger partial charge < -0.3 is 0 Å². The average molecular weight is 294 g/mol. The summed E-state index contributed by atoms with van der Waals surface area (Å²) in [6, 6.07) is 0. The summed E-state index contributed by atoms with van der Waals surface area (Å²) in [5.41, 5.74) is 1.13. The van der Waals surface area contributed by atoms with E-state index in [1.165, 1.54) is 12.4 Å². The van der Waals surface area contributed by atoms with Crippen molar-refractivity contribution in [3.8, 4) is 0 Å². The van der Waals surface area contributed by atoms with Crippen molar-refractivity contribution in [2.24, 2.45) is 0 Å². The third-order valence-electron chi connectivity index (χ3n) is 2.41. The minimum atomic E-state index is -0.939. The molecule has 0 saturated carbocycles. The fraction of sp³-hybridized carbons (Fsp3) is 0.600. The summed E-state index contributed by atoms with van der Waals surface area (Å²) in [7, 11) is 0. The Kier molecular flexibility index (Phi) is 2.65. The fourth-order valence-electron chi connectivity index (χ4n) is 1.65. The molecule has 74 valence electrons. The monoisotopic (exact) mass is 294 g/mol.